The van der Waals surface area contributed by atoms with Gasteiger partial charge in [0.2, 0.25) is 0 Å². The molecule has 2 aliphatic rings. The molecule has 2 fully saturated rings. The van der Waals surface area contributed by atoms with Crippen molar-refractivity contribution in [2.24, 2.45) is 11.8 Å². The van der Waals surface area contributed by atoms with Crippen molar-refractivity contribution in [1.29, 1.82) is 0 Å². The first-order valence-corrected chi connectivity index (χ1v) is 6.26. The lowest BCUT2D eigenvalue weighted by Gasteiger charge is -2.29. The average molecular weight is 213 g/mol. The van der Waals surface area contributed by atoms with Crippen LogP contribution in [0.3, 0.4) is 0 Å². The minimum absolute atomic E-state index is 0.584. The summed E-state index contributed by atoms with van der Waals surface area (Å²) in [7, 11) is 1.70. The molecular formula is C12H23NO2. The highest BCUT2D eigenvalue weighted by molar-refractivity contribution is 4.86. The summed E-state index contributed by atoms with van der Waals surface area (Å²) in [6, 6.07) is 0.584. The first-order valence-electron chi connectivity index (χ1n) is 6.26. The van der Waals surface area contributed by atoms with E-state index in [-0.39, 0.29) is 0 Å². The van der Waals surface area contributed by atoms with Gasteiger partial charge in [-0.3, -0.25) is 4.84 Å². The van der Waals surface area contributed by atoms with Gasteiger partial charge in [0.15, 0.2) is 0 Å². The monoisotopic (exact) mass is 213 g/mol. The molecule has 2 aliphatic carbocycles. The van der Waals surface area contributed by atoms with Crippen LogP contribution in [0.5, 0.6) is 0 Å². The van der Waals surface area contributed by atoms with Crippen molar-refractivity contribution in [3.63, 3.8) is 0 Å². The van der Waals surface area contributed by atoms with E-state index in [1.807, 2.05) is 0 Å². The Bertz CT molecular complexity index is 182. The molecule has 0 saturated heterocycles. The van der Waals surface area contributed by atoms with E-state index in [0.29, 0.717) is 19.3 Å². The molecule has 0 spiro atoms. The first kappa shape index (κ1) is 11.4. The van der Waals surface area contributed by atoms with Crippen molar-refractivity contribution >= 4 is 0 Å². The highest BCUT2D eigenvalue weighted by Gasteiger charge is 2.34. The molecule has 2 rings (SSSR count). The molecule has 0 heterocycles. The quantitative estimate of drug-likeness (QED) is 0.541. The molecule has 15 heavy (non-hydrogen) atoms. The van der Waals surface area contributed by atoms with Crippen LogP contribution in [0.1, 0.15) is 38.5 Å². The van der Waals surface area contributed by atoms with Gasteiger partial charge in [0, 0.05) is 13.2 Å². The molecule has 0 aliphatic heterocycles. The number of hydroxylamine groups is 1. The van der Waals surface area contributed by atoms with E-state index in [0.717, 1.165) is 11.8 Å². The van der Waals surface area contributed by atoms with Crippen LogP contribution < -0.4 is 5.48 Å². The fourth-order valence-electron chi connectivity index (χ4n) is 2.63. The lowest BCUT2D eigenvalue weighted by molar-refractivity contribution is -0.0232. The minimum atomic E-state index is 0.584. The summed E-state index contributed by atoms with van der Waals surface area (Å²) in [5, 5.41) is 0. The van der Waals surface area contributed by atoms with Crippen LogP contribution in [0.25, 0.3) is 0 Å². The number of hydrogen-bond acceptors (Lipinski definition) is 3. The molecule has 3 nitrogen and oxygen atoms in total. The smallest absolute Gasteiger partial charge is 0.0915 e. The van der Waals surface area contributed by atoms with Crippen molar-refractivity contribution in [2.45, 2.75) is 44.6 Å². The predicted molar refractivity (Wildman–Crippen MR) is 59.4 cm³/mol. The SMILES string of the molecule is COCCONC1CCCC(C2CC2)C1. The van der Waals surface area contributed by atoms with Gasteiger partial charge in [0.05, 0.1) is 13.2 Å². The van der Waals surface area contributed by atoms with Crippen LogP contribution in [0.2, 0.25) is 0 Å². The Kier molecular flexibility index (Phi) is 4.42. The summed E-state index contributed by atoms with van der Waals surface area (Å²) in [6.07, 6.45) is 8.35. The maximum Gasteiger partial charge on any atom is 0.0915 e. The van der Waals surface area contributed by atoms with E-state index in [1.54, 1.807) is 7.11 Å². The maximum atomic E-state index is 5.39. The number of rotatable bonds is 6. The predicted octanol–water partition coefficient (Wildman–Crippen LogP) is 2.12. The normalized spacial score (nSPS) is 31.8. The zero-order chi connectivity index (χ0) is 10.5. The molecular weight excluding hydrogens is 190 g/mol. The zero-order valence-electron chi connectivity index (χ0n) is 9.71. The highest BCUT2D eigenvalue weighted by atomic mass is 16.7. The molecule has 2 unspecified atom stereocenters. The van der Waals surface area contributed by atoms with Gasteiger partial charge in [-0.2, -0.15) is 5.48 Å². The van der Waals surface area contributed by atoms with Crippen LogP contribution in [-0.4, -0.2) is 26.4 Å². The van der Waals surface area contributed by atoms with Gasteiger partial charge in [-0.1, -0.05) is 12.8 Å². The van der Waals surface area contributed by atoms with Crippen molar-refractivity contribution < 1.29 is 9.57 Å². The van der Waals surface area contributed by atoms with Crippen LogP contribution in [0.15, 0.2) is 0 Å². The van der Waals surface area contributed by atoms with Crippen LogP contribution in [-0.2, 0) is 9.57 Å². The molecule has 0 aromatic heterocycles. The van der Waals surface area contributed by atoms with Gasteiger partial charge in [0.25, 0.3) is 0 Å². The number of nitrogens with one attached hydrogen (secondary N) is 1. The van der Waals surface area contributed by atoms with Gasteiger partial charge in [-0.15, -0.1) is 0 Å². The van der Waals surface area contributed by atoms with E-state index in [2.05, 4.69) is 5.48 Å². The van der Waals surface area contributed by atoms with Gasteiger partial charge >= 0.3 is 0 Å². The first-order chi connectivity index (χ1) is 7.40. The van der Waals surface area contributed by atoms with Crippen molar-refractivity contribution in [3.05, 3.63) is 0 Å². The third kappa shape index (κ3) is 3.74. The Morgan fingerprint density at radius 3 is 2.67 bits per heavy atom. The number of methoxy groups -OCH3 is 1. The summed E-state index contributed by atoms with van der Waals surface area (Å²) in [5.74, 6) is 2.02. The lowest BCUT2D eigenvalue weighted by Crippen LogP contribution is -2.35. The second-order valence-corrected chi connectivity index (χ2v) is 4.92. The molecule has 0 radical (unpaired) electrons. The number of hydrogen-bond donors (Lipinski definition) is 1. The van der Waals surface area contributed by atoms with Crippen LogP contribution in [0, 0.1) is 11.8 Å². The minimum Gasteiger partial charge on any atom is -0.382 e. The Morgan fingerprint density at radius 1 is 1.07 bits per heavy atom. The fraction of sp³-hybridized carbons (Fsp3) is 1.00. The molecule has 2 atom stereocenters. The van der Waals surface area contributed by atoms with Crippen molar-refractivity contribution in [3.8, 4) is 0 Å². The van der Waals surface area contributed by atoms with E-state index in [1.165, 1.54) is 38.5 Å². The molecule has 88 valence electrons. The van der Waals surface area contributed by atoms with Gasteiger partial charge in [-0.25, -0.2) is 0 Å². The second-order valence-electron chi connectivity index (χ2n) is 4.92. The molecule has 3 heteroatoms. The van der Waals surface area contributed by atoms with E-state index < -0.39 is 0 Å². The Hall–Kier alpha value is -0.120. The highest BCUT2D eigenvalue weighted by Crippen LogP contribution is 2.43. The maximum absolute atomic E-state index is 5.39. The van der Waals surface area contributed by atoms with Gasteiger partial charge in [-0.05, 0) is 37.5 Å². The fourth-order valence-corrected chi connectivity index (χ4v) is 2.63. The van der Waals surface area contributed by atoms with Crippen molar-refractivity contribution in [2.75, 3.05) is 20.3 Å². The van der Waals surface area contributed by atoms with E-state index >= 15 is 0 Å². The molecule has 2 saturated carbocycles. The Morgan fingerprint density at radius 2 is 1.93 bits per heavy atom. The van der Waals surface area contributed by atoms with Crippen LogP contribution in [0.4, 0.5) is 0 Å². The standard InChI is InChI=1S/C12H23NO2/c1-14-7-8-15-13-12-4-2-3-11(9-12)10-5-6-10/h10-13H,2-9H2,1H3. The Labute approximate surface area is 92.5 Å². The summed E-state index contributed by atoms with van der Waals surface area (Å²) < 4.78 is 4.94. The topological polar surface area (TPSA) is 30.5 Å². The van der Waals surface area contributed by atoms with Gasteiger partial charge in [0.1, 0.15) is 0 Å². The van der Waals surface area contributed by atoms with Gasteiger partial charge < -0.3 is 4.74 Å². The molecule has 0 aromatic rings. The summed E-state index contributed by atoms with van der Waals surface area (Å²) in [6.45, 7) is 1.33. The lowest BCUT2D eigenvalue weighted by atomic mass is 9.83. The summed E-state index contributed by atoms with van der Waals surface area (Å²) in [4.78, 5) is 5.39. The molecule has 0 bridgehead atoms. The van der Waals surface area contributed by atoms with E-state index in [9.17, 15) is 0 Å². The van der Waals surface area contributed by atoms with Crippen molar-refractivity contribution in [1.82, 2.24) is 5.48 Å². The summed E-state index contributed by atoms with van der Waals surface area (Å²) in [5.41, 5.74) is 3.19. The largest absolute Gasteiger partial charge is 0.382 e. The third-order valence-electron chi connectivity index (χ3n) is 3.64. The molecule has 0 aromatic carbocycles. The Balaban J connectivity index is 1.59. The summed E-state index contributed by atoms with van der Waals surface area (Å²) >= 11 is 0. The average Bonchev–Trinajstić information content (AvgIpc) is 3.09. The second kappa shape index (κ2) is 5.83. The molecule has 0 amide bonds. The molecule has 1 N–H and O–H groups in total. The number of ether oxygens (including phenoxy) is 1. The third-order valence-corrected chi connectivity index (χ3v) is 3.64. The van der Waals surface area contributed by atoms with Crippen LogP contribution >= 0.6 is 0 Å². The van der Waals surface area contributed by atoms with E-state index in [4.69, 9.17) is 9.57 Å². The zero-order valence-corrected chi connectivity index (χ0v) is 9.71.